The molecular formula is C23H25N3O2. The van der Waals surface area contributed by atoms with Crippen LogP contribution >= 0.6 is 0 Å². The van der Waals surface area contributed by atoms with Crippen molar-refractivity contribution in [3.05, 3.63) is 78.0 Å². The van der Waals surface area contributed by atoms with Crippen LogP contribution in [0.25, 0.3) is 10.9 Å². The molecular weight excluding hydrogens is 350 g/mol. The van der Waals surface area contributed by atoms with Crippen molar-refractivity contribution in [1.29, 1.82) is 0 Å². The zero-order valence-corrected chi connectivity index (χ0v) is 16.3. The normalized spacial score (nSPS) is 11.1. The number of hydrogen-bond donors (Lipinski definition) is 1. The number of allylic oxidation sites excluding steroid dienone is 1. The third-order valence-corrected chi connectivity index (χ3v) is 4.57. The van der Waals surface area contributed by atoms with Gasteiger partial charge in [0.2, 0.25) is 5.91 Å². The minimum absolute atomic E-state index is 0.159. The number of carbonyl (C=O) groups is 1. The maximum atomic E-state index is 12.2. The van der Waals surface area contributed by atoms with E-state index in [-0.39, 0.29) is 12.3 Å². The van der Waals surface area contributed by atoms with E-state index in [0.717, 1.165) is 40.0 Å². The van der Waals surface area contributed by atoms with Crippen LogP contribution in [0.15, 0.2) is 66.3 Å². The van der Waals surface area contributed by atoms with Gasteiger partial charge in [-0.1, -0.05) is 36.4 Å². The summed E-state index contributed by atoms with van der Waals surface area (Å²) >= 11 is 0. The third kappa shape index (κ3) is 4.31. The maximum absolute atomic E-state index is 12.2. The van der Waals surface area contributed by atoms with Gasteiger partial charge in [0, 0.05) is 28.7 Å². The number of fused-ring (bicyclic) bond motifs is 1. The van der Waals surface area contributed by atoms with Crippen molar-refractivity contribution in [3.8, 4) is 5.75 Å². The number of hydrogen-bond acceptors (Lipinski definition) is 3. The summed E-state index contributed by atoms with van der Waals surface area (Å²) in [6.45, 7) is 9.17. The Hall–Kier alpha value is -3.34. The molecule has 0 spiro atoms. The molecule has 5 nitrogen and oxygen atoms in total. The van der Waals surface area contributed by atoms with Crippen LogP contribution in [0.5, 0.6) is 5.75 Å². The number of nitrogens with one attached hydrogen (secondary N) is 1. The maximum Gasteiger partial charge on any atom is 0.244 e. The van der Waals surface area contributed by atoms with Crippen LogP contribution in [-0.2, 0) is 17.8 Å². The van der Waals surface area contributed by atoms with E-state index in [1.54, 1.807) is 6.21 Å². The van der Waals surface area contributed by atoms with E-state index in [1.807, 2.05) is 56.3 Å². The SMILES string of the molecule is C=CCn1c(C)c(/C=N\NC(=O)Cc2ccc(OCC)cc2)c2ccccc21. The number of benzene rings is 2. The summed E-state index contributed by atoms with van der Waals surface area (Å²) in [5.74, 6) is 0.643. The Morgan fingerprint density at radius 2 is 1.96 bits per heavy atom. The van der Waals surface area contributed by atoms with Gasteiger partial charge >= 0.3 is 0 Å². The molecule has 0 unspecified atom stereocenters. The second-order valence-corrected chi connectivity index (χ2v) is 6.46. The Labute approximate surface area is 165 Å². The van der Waals surface area contributed by atoms with Crippen molar-refractivity contribution in [3.63, 3.8) is 0 Å². The molecule has 0 atom stereocenters. The summed E-state index contributed by atoms with van der Waals surface area (Å²) in [6, 6.07) is 15.7. The monoisotopic (exact) mass is 375 g/mol. The van der Waals surface area contributed by atoms with Crippen LogP contribution < -0.4 is 10.2 Å². The summed E-state index contributed by atoms with van der Waals surface area (Å²) in [5.41, 5.74) is 6.75. The first-order chi connectivity index (χ1) is 13.6. The number of amides is 1. The zero-order valence-electron chi connectivity index (χ0n) is 16.3. The minimum Gasteiger partial charge on any atom is -0.494 e. The van der Waals surface area contributed by atoms with Crippen molar-refractivity contribution < 1.29 is 9.53 Å². The summed E-state index contributed by atoms with van der Waals surface area (Å²) in [6.07, 6.45) is 3.85. The second-order valence-electron chi connectivity index (χ2n) is 6.46. The molecule has 0 aliphatic carbocycles. The Bertz CT molecular complexity index is 1000. The van der Waals surface area contributed by atoms with Crippen molar-refractivity contribution in [2.45, 2.75) is 26.8 Å². The highest BCUT2D eigenvalue weighted by molar-refractivity contribution is 6.01. The van der Waals surface area contributed by atoms with Gasteiger partial charge in [-0.25, -0.2) is 5.43 Å². The number of carbonyl (C=O) groups excluding carboxylic acids is 1. The highest BCUT2D eigenvalue weighted by atomic mass is 16.5. The molecule has 1 aromatic heterocycles. The topological polar surface area (TPSA) is 55.6 Å². The average Bonchev–Trinajstić information content (AvgIpc) is 2.96. The number of rotatable bonds is 8. The molecule has 0 saturated carbocycles. The predicted octanol–water partition coefficient (Wildman–Crippen LogP) is 4.23. The van der Waals surface area contributed by atoms with Gasteiger partial charge in [-0.05, 0) is 37.6 Å². The molecule has 1 heterocycles. The predicted molar refractivity (Wildman–Crippen MR) is 114 cm³/mol. The van der Waals surface area contributed by atoms with Gasteiger partial charge in [-0.15, -0.1) is 6.58 Å². The summed E-state index contributed by atoms with van der Waals surface area (Å²) in [5, 5.41) is 5.28. The van der Waals surface area contributed by atoms with Gasteiger partial charge in [0.15, 0.2) is 0 Å². The minimum atomic E-state index is -0.159. The summed E-state index contributed by atoms with van der Waals surface area (Å²) < 4.78 is 7.60. The molecule has 3 rings (SSSR count). The first-order valence-electron chi connectivity index (χ1n) is 9.36. The molecule has 1 amide bonds. The molecule has 0 aliphatic rings. The summed E-state index contributed by atoms with van der Waals surface area (Å²) in [4.78, 5) is 12.2. The Kier molecular flexibility index (Phi) is 6.27. The largest absolute Gasteiger partial charge is 0.494 e. The Morgan fingerprint density at radius 3 is 2.68 bits per heavy atom. The molecule has 144 valence electrons. The quantitative estimate of drug-likeness (QED) is 0.364. The highest BCUT2D eigenvalue weighted by Gasteiger charge is 2.11. The number of ether oxygens (including phenoxy) is 1. The first kappa shape index (κ1) is 19.4. The number of nitrogens with zero attached hydrogens (tertiary/aromatic N) is 2. The standard InChI is InChI=1S/C23H25N3O2/c1-4-14-26-17(3)21(20-8-6-7-9-22(20)26)16-24-25-23(27)15-18-10-12-19(13-11-18)28-5-2/h4,6-13,16H,1,5,14-15H2,2-3H3,(H,25,27)/b24-16-. The lowest BCUT2D eigenvalue weighted by Crippen LogP contribution is -2.19. The molecule has 28 heavy (non-hydrogen) atoms. The first-order valence-corrected chi connectivity index (χ1v) is 9.36. The molecule has 2 aromatic carbocycles. The van der Waals surface area contributed by atoms with E-state index in [2.05, 4.69) is 33.8 Å². The van der Waals surface area contributed by atoms with Crippen LogP contribution in [0.1, 0.15) is 23.7 Å². The van der Waals surface area contributed by atoms with Crippen LogP contribution in [0.3, 0.4) is 0 Å². The van der Waals surface area contributed by atoms with Gasteiger partial charge in [0.1, 0.15) is 5.75 Å². The van der Waals surface area contributed by atoms with Crippen molar-refractivity contribution >= 4 is 23.0 Å². The molecule has 0 aliphatic heterocycles. The molecule has 0 fully saturated rings. The van der Waals surface area contributed by atoms with Crippen LogP contribution in [0.2, 0.25) is 0 Å². The van der Waals surface area contributed by atoms with Crippen LogP contribution in [0, 0.1) is 6.92 Å². The van der Waals surface area contributed by atoms with Crippen molar-refractivity contribution in [1.82, 2.24) is 9.99 Å². The van der Waals surface area contributed by atoms with Gasteiger partial charge < -0.3 is 9.30 Å². The zero-order chi connectivity index (χ0) is 19.9. The lowest BCUT2D eigenvalue weighted by molar-refractivity contribution is -0.120. The molecule has 0 saturated heterocycles. The van der Waals surface area contributed by atoms with E-state index in [1.165, 1.54) is 0 Å². The van der Waals surface area contributed by atoms with E-state index in [0.29, 0.717) is 6.61 Å². The van der Waals surface area contributed by atoms with Crippen molar-refractivity contribution in [2.24, 2.45) is 5.10 Å². The van der Waals surface area contributed by atoms with Gasteiger partial charge in [-0.3, -0.25) is 4.79 Å². The summed E-state index contributed by atoms with van der Waals surface area (Å²) in [7, 11) is 0. The highest BCUT2D eigenvalue weighted by Crippen LogP contribution is 2.24. The van der Waals surface area contributed by atoms with E-state index < -0.39 is 0 Å². The Morgan fingerprint density at radius 1 is 1.21 bits per heavy atom. The van der Waals surface area contributed by atoms with Gasteiger partial charge in [0.25, 0.3) is 0 Å². The fourth-order valence-electron chi connectivity index (χ4n) is 3.25. The molecule has 3 aromatic rings. The van der Waals surface area contributed by atoms with Crippen molar-refractivity contribution in [2.75, 3.05) is 6.61 Å². The van der Waals surface area contributed by atoms with E-state index in [9.17, 15) is 4.79 Å². The van der Waals surface area contributed by atoms with E-state index >= 15 is 0 Å². The molecule has 5 heteroatoms. The van der Waals surface area contributed by atoms with E-state index in [4.69, 9.17) is 4.74 Å². The lowest BCUT2D eigenvalue weighted by atomic mass is 10.1. The second kappa shape index (κ2) is 9.04. The molecule has 1 N–H and O–H groups in total. The molecule has 0 bridgehead atoms. The average molecular weight is 375 g/mol. The number of para-hydroxylation sites is 1. The Balaban J connectivity index is 1.69. The fraction of sp³-hybridized carbons (Fsp3) is 0.217. The smallest absolute Gasteiger partial charge is 0.244 e. The molecule has 0 radical (unpaired) electrons. The lowest BCUT2D eigenvalue weighted by Gasteiger charge is -2.05. The number of aromatic nitrogens is 1. The van der Waals surface area contributed by atoms with Gasteiger partial charge in [0.05, 0.1) is 19.2 Å². The fourth-order valence-corrected chi connectivity index (χ4v) is 3.25. The van der Waals surface area contributed by atoms with Crippen LogP contribution in [-0.4, -0.2) is 23.3 Å². The van der Waals surface area contributed by atoms with Crippen LogP contribution in [0.4, 0.5) is 0 Å². The van der Waals surface area contributed by atoms with Gasteiger partial charge in [-0.2, -0.15) is 5.10 Å². The third-order valence-electron chi connectivity index (χ3n) is 4.57. The number of hydrazone groups is 1.